The quantitative estimate of drug-likeness (QED) is 0.459. The largest absolute Gasteiger partial charge is 0.481 e. The zero-order chi connectivity index (χ0) is 13.8. The number of aromatic nitrogens is 2. The standard InChI is InChI=1S/C11H17N3O4/c1-7(2)11(15,6-12-16)10-13-8(17-3)5-9(14-10)18-4/h5-7,15-16H,1-4H3. The van der Waals surface area contributed by atoms with Crippen LogP contribution in [0, 0.1) is 5.92 Å². The summed E-state index contributed by atoms with van der Waals surface area (Å²) >= 11 is 0. The molecular formula is C11H17N3O4. The van der Waals surface area contributed by atoms with E-state index < -0.39 is 5.60 Å². The molecule has 1 atom stereocenters. The van der Waals surface area contributed by atoms with E-state index in [9.17, 15) is 5.11 Å². The van der Waals surface area contributed by atoms with Crippen molar-refractivity contribution in [2.75, 3.05) is 14.2 Å². The maximum atomic E-state index is 10.5. The fourth-order valence-electron chi connectivity index (χ4n) is 1.35. The molecule has 1 aromatic heterocycles. The molecule has 0 saturated carbocycles. The highest BCUT2D eigenvalue weighted by molar-refractivity contribution is 5.69. The van der Waals surface area contributed by atoms with Gasteiger partial charge in [0.2, 0.25) is 11.8 Å². The Bertz CT molecular complexity index is 414. The van der Waals surface area contributed by atoms with Crippen molar-refractivity contribution in [3.05, 3.63) is 11.9 Å². The summed E-state index contributed by atoms with van der Waals surface area (Å²) in [4.78, 5) is 8.09. The van der Waals surface area contributed by atoms with Crippen molar-refractivity contribution in [3.8, 4) is 11.8 Å². The van der Waals surface area contributed by atoms with E-state index in [-0.39, 0.29) is 23.5 Å². The minimum atomic E-state index is -1.60. The van der Waals surface area contributed by atoms with E-state index in [1.165, 1.54) is 20.3 Å². The van der Waals surface area contributed by atoms with Crippen LogP contribution in [0.3, 0.4) is 0 Å². The summed E-state index contributed by atoms with van der Waals surface area (Å²) in [6.07, 6.45) is 0.978. The van der Waals surface area contributed by atoms with Gasteiger partial charge in [0, 0.05) is 0 Å². The second kappa shape index (κ2) is 5.63. The van der Waals surface area contributed by atoms with E-state index in [0.717, 1.165) is 6.21 Å². The highest BCUT2D eigenvalue weighted by Gasteiger charge is 2.36. The normalized spacial score (nSPS) is 14.8. The summed E-state index contributed by atoms with van der Waals surface area (Å²) in [7, 11) is 2.89. The second-order valence-electron chi connectivity index (χ2n) is 4.00. The van der Waals surface area contributed by atoms with Crippen LogP contribution in [0.5, 0.6) is 11.8 Å². The maximum Gasteiger partial charge on any atom is 0.220 e. The van der Waals surface area contributed by atoms with Crippen LogP contribution in [0.4, 0.5) is 0 Å². The van der Waals surface area contributed by atoms with Crippen LogP contribution in [-0.4, -0.2) is 40.7 Å². The van der Waals surface area contributed by atoms with Crippen molar-refractivity contribution in [2.45, 2.75) is 19.4 Å². The number of hydrogen-bond donors (Lipinski definition) is 2. The van der Waals surface area contributed by atoms with E-state index in [1.807, 2.05) is 0 Å². The number of aliphatic hydroxyl groups is 1. The molecule has 1 heterocycles. The topological polar surface area (TPSA) is 97.1 Å². The van der Waals surface area contributed by atoms with E-state index in [0.29, 0.717) is 0 Å². The predicted molar refractivity (Wildman–Crippen MR) is 64.1 cm³/mol. The molecule has 7 heteroatoms. The smallest absolute Gasteiger partial charge is 0.220 e. The first-order valence-corrected chi connectivity index (χ1v) is 5.36. The molecule has 0 saturated heterocycles. The SMILES string of the molecule is COc1cc(OC)nc(C(O)(C=NO)C(C)C)n1. The molecule has 0 spiro atoms. The fourth-order valence-corrected chi connectivity index (χ4v) is 1.35. The molecule has 1 rings (SSSR count). The van der Waals surface area contributed by atoms with Gasteiger partial charge in [0.15, 0.2) is 11.4 Å². The van der Waals surface area contributed by atoms with Crippen LogP contribution < -0.4 is 9.47 Å². The first kappa shape index (κ1) is 14.2. The molecule has 2 N–H and O–H groups in total. The number of nitrogens with zero attached hydrogens (tertiary/aromatic N) is 3. The lowest BCUT2D eigenvalue weighted by Gasteiger charge is -2.26. The lowest BCUT2D eigenvalue weighted by Crippen LogP contribution is -2.36. The Kier molecular flexibility index (Phi) is 4.43. The van der Waals surface area contributed by atoms with Gasteiger partial charge in [-0.05, 0) is 5.92 Å². The van der Waals surface area contributed by atoms with Gasteiger partial charge in [0.1, 0.15) is 0 Å². The minimum Gasteiger partial charge on any atom is -0.481 e. The van der Waals surface area contributed by atoms with E-state index in [4.69, 9.17) is 14.7 Å². The van der Waals surface area contributed by atoms with Gasteiger partial charge in [-0.2, -0.15) is 9.97 Å². The Labute approximate surface area is 105 Å². The zero-order valence-electron chi connectivity index (χ0n) is 10.8. The summed E-state index contributed by atoms with van der Waals surface area (Å²) in [5.74, 6) is 0.251. The molecule has 1 aromatic rings. The molecule has 0 bridgehead atoms. The number of hydrogen-bond acceptors (Lipinski definition) is 7. The second-order valence-corrected chi connectivity index (χ2v) is 4.00. The number of rotatable bonds is 5. The van der Waals surface area contributed by atoms with E-state index in [2.05, 4.69) is 15.1 Å². The number of oxime groups is 1. The van der Waals surface area contributed by atoms with Gasteiger partial charge < -0.3 is 19.8 Å². The molecule has 100 valence electrons. The lowest BCUT2D eigenvalue weighted by molar-refractivity contribution is 0.0529. The summed E-state index contributed by atoms with van der Waals surface area (Å²) in [5.41, 5.74) is -1.60. The van der Waals surface area contributed by atoms with Gasteiger partial charge >= 0.3 is 0 Å². The average molecular weight is 255 g/mol. The summed E-state index contributed by atoms with van der Waals surface area (Å²) < 4.78 is 10.0. The van der Waals surface area contributed by atoms with Crippen LogP contribution in [-0.2, 0) is 5.60 Å². The Morgan fingerprint density at radius 1 is 1.28 bits per heavy atom. The minimum absolute atomic E-state index is 0.0477. The highest BCUT2D eigenvalue weighted by atomic mass is 16.5. The maximum absolute atomic E-state index is 10.5. The molecule has 0 fully saturated rings. The van der Waals surface area contributed by atoms with Crippen LogP contribution in [0.1, 0.15) is 19.7 Å². The third-order valence-electron chi connectivity index (χ3n) is 2.59. The Morgan fingerprint density at radius 2 is 1.78 bits per heavy atom. The van der Waals surface area contributed by atoms with Gasteiger partial charge in [0.25, 0.3) is 0 Å². The Hall–Kier alpha value is -1.89. The van der Waals surface area contributed by atoms with Crippen molar-refractivity contribution in [1.82, 2.24) is 9.97 Å². The summed E-state index contributed by atoms with van der Waals surface area (Å²) in [6.45, 7) is 3.49. The fraction of sp³-hybridized carbons (Fsp3) is 0.545. The first-order valence-electron chi connectivity index (χ1n) is 5.36. The summed E-state index contributed by atoms with van der Waals surface area (Å²) in [6, 6.07) is 1.49. The molecule has 7 nitrogen and oxygen atoms in total. The molecular weight excluding hydrogens is 238 g/mol. The van der Waals surface area contributed by atoms with Crippen molar-refractivity contribution in [3.63, 3.8) is 0 Å². The molecule has 0 radical (unpaired) electrons. The van der Waals surface area contributed by atoms with Gasteiger partial charge in [-0.25, -0.2) is 0 Å². The van der Waals surface area contributed by atoms with Gasteiger partial charge in [-0.1, -0.05) is 19.0 Å². The summed E-state index contributed by atoms with van der Waals surface area (Å²) in [5, 5.41) is 22.0. The van der Waals surface area contributed by atoms with Crippen molar-refractivity contribution >= 4 is 6.21 Å². The third kappa shape index (κ3) is 2.67. The van der Waals surface area contributed by atoms with Crippen molar-refractivity contribution in [1.29, 1.82) is 0 Å². The highest BCUT2D eigenvalue weighted by Crippen LogP contribution is 2.28. The molecule has 18 heavy (non-hydrogen) atoms. The van der Waals surface area contributed by atoms with Crippen molar-refractivity contribution < 1.29 is 19.8 Å². The van der Waals surface area contributed by atoms with Crippen molar-refractivity contribution in [2.24, 2.45) is 11.1 Å². The average Bonchev–Trinajstić information content (AvgIpc) is 2.37. The molecule has 0 aliphatic heterocycles. The molecule has 0 amide bonds. The Balaban J connectivity index is 3.36. The van der Waals surface area contributed by atoms with Gasteiger partial charge in [-0.3, -0.25) is 0 Å². The molecule has 0 aliphatic carbocycles. The molecule has 1 unspecified atom stereocenters. The number of methoxy groups -OCH3 is 2. The third-order valence-corrected chi connectivity index (χ3v) is 2.59. The van der Waals surface area contributed by atoms with Gasteiger partial charge in [0.05, 0.1) is 26.5 Å². The van der Waals surface area contributed by atoms with Crippen LogP contribution in [0.15, 0.2) is 11.2 Å². The van der Waals surface area contributed by atoms with Gasteiger partial charge in [-0.15, -0.1) is 0 Å². The lowest BCUT2D eigenvalue weighted by atomic mass is 9.90. The monoisotopic (exact) mass is 255 g/mol. The van der Waals surface area contributed by atoms with E-state index >= 15 is 0 Å². The van der Waals surface area contributed by atoms with E-state index in [1.54, 1.807) is 13.8 Å². The predicted octanol–water partition coefficient (Wildman–Crippen LogP) is 0.797. The first-order chi connectivity index (χ1) is 8.47. The van der Waals surface area contributed by atoms with Crippen LogP contribution in [0.25, 0.3) is 0 Å². The van der Waals surface area contributed by atoms with Crippen LogP contribution in [0.2, 0.25) is 0 Å². The molecule has 0 aromatic carbocycles. The molecule has 0 aliphatic rings. The number of ether oxygens (including phenoxy) is 2. The van der Waals surface area contributed by atoms with Crippen LogP contribution >= 0.6 is 0 Å². The Morgan fingerprint density at radius 3 is 2.11 bits per heavy atom. The zero-order valence-corrected chi connectivity index (χ0v) is 10.8.